The second-order valence-electron chi connectivity index (χ2n) is 8.78. The Morgan fingerprint density at radius 1 is 1.24 bits per heavy atom. The standard InChI is InChI=1S/C24H30N6O2S/c1-32-16-21-18(23(31)26-14-17-6-4-12-29-11-3-2-7-20(17)29)15-27-30(21)24-25-10-9-19(28-24)22-8-5-13-33-22/h5,8-10,13,15,17,20H,2-4,6-7,11-12,14,16H2,1H3,(H,26,31)/t17-,20+/m0/s1. The van der Waals surface area contributed by atoms with Crippen LogP contribution in [0.1, 0.15) is 48.2 Å². The van der Waals surface area contributed by atoms with E-state index in [1.54, 1.807) is 35.5 Å². The van der Waals surface area contributed by atoms with Gasteiger partial charge in [0.2, 0.25) is 0 Å². The van der Waals surface area contributed by atoms with Crippen LogP contribution in [-0.2, 0) is 11.3 Å². The van der Waals surface area contributed by atoms with Crippen molar-refractivity contribution in [3.8, 4) is 16.5 Å². The van der Waals surface area contributed by atoms with Gasteiger partial charge in [-0.3, -0.25) is 4.79 Å². The average Bonchev–Trinajstić information content (AvgIpc) is 3.54. The molecule has 0 saturated carbocycles. The highest BCUT2D eigenvalue weighted by Gasteiger charge is 2.33. The first kappa shape index (κ1) is 22.2. The summed E-state index contributed by atoms with van der Waals surface area (Å²) in [5.74, 6) is 0.822. The van der Waals surface area contributed by atoms with E-state index < -0.39 is 0 Å². The molecule has 3 aromatic heterocycles. The maximum Gasteiger partial charge on any atom is 0.254 e. The number of carbonyl (C=O) groups is 1. The molecule has 5 heterocycles. The highest BCUT2D eigenvalue weighted by Crippen LogP contribution is 2.30. The largest absolute Gasteiger partial charge is 0.378 e. The van der Waals surface area contributed by atoms with E-state index in [1.165, 1.54) is 45.2 Å². The average molecular weight is 467 g/mol. The fraction of sp³-hybridized carbons (Fsp3) is 0.500. The molecule has 33 heavy (non-hydrogen) atoms. The van der Waals surface area contributed by atoms with E-state index >= 15 is 0 Å². The smallest absolute Gasteiger partial charge is 0.254 e. The van der Waals surface area contributed by atoms with Gasteiger partial charge in [-0.1, -0.05) is 12.5 Å². The molecule has 9 heteroatoms. The molecule has 0 aliphatic carbocycles. The van der Waals surface area contributed by atoms with Crippen molar-refractivity contribution in [2.75, 3.05) is 26.7 Å². The third-order valence-corrected chi connectivity index (χ3v) is 7.65. The molecule has 0 bridgehead atoms. The lowest BCUT2D eigenvalue weighted by Crippen LogP contribution is -2.51. The number of ether oxygens (including phenoxy) is 1. The second-order valence-corrected chi connectivity index (χ2v) is 9.73. The molecule has 2 aliphatic heterocycles. The summed E-state index contributed by atoms with van der Waals surface area (Å²) in [7, 11) is 1.61. The number of nitrogens with one attached hydrogen (secondary N) is 1. The van der Waals surface area contributed by atoms with Crippen molar-refractivity contribution < 1.29 is 9.53 Å². The van der Waals surface area contributed by atoms with Crippen LogP contribution in [0.5, 0.6) is 0 Å². The van der Waals surface area contributed by atoms with Gasteiger partial charge in [0, 0.05) is 25.9 Å². The van der Waals surface area contributed by atoms with Gasteiger partial charge in [-0.2, -0.15) is 9.78 Å². The zero-order valence-corrected chi connectivity index (χ0v) is 19.8. The van der Waals surface area contributed by atoms with E-state index in [1.807, 2.05) is 23.6 Å². The number of piperidine rings is 2. The Kier molecular flexibility index (Phi) is 6.80. The minimum atomic E-state index is -0.115. The summed E-state index contributed by atoms with van der Waals surface area (Å²) in [6.45, 7) is 3.34. The molecule has 5 rings (SSSR count). The van der Waals surface area contributed by atoms with E-state index in [0.29, 0.717) is 35.7 Å². The number of methoxy groups -OCH3 is 1. The number of fused-ring (bicyclic) bond motifs is 1. The Bertz CT molecular complexity index is 1080. The lowest BCUT2D eigenvalue weighted by atomic mass is 9.83. The molecule has 0 aromatic carbocycles. The normalized spacial score (nSPS) is 21.0. The van der Waals surface area contributed by atoms with Crippen molar-refractivity contribution >= 4 is 17.2 Å². The topological polar surface area (TPSA) is 85.2 Å². The Hall–Kier alpha value is -2.62. The fourth-order valence-electron chi connectivity index (χ4n) is 5.16. The Morgan fingerprint density at radius 3 is 3.00 bits per heavy atom. The van der Waals surface area contributed by atoms with Gasteiger partial charge < -0.3 is 15.0 Å². The summed E-state index contributed by atoms with van der Waals surface area (Å²) in [6.07, 6.45) is 9.53. The number of rotatable bonds is 7. The molecule has 0 unspecified atom stereocenters. The van der Waals surface area contributed by atoms with E-state index in [9.17, 15) is 4.79 Å². The number of carbonyl (C=O) groups excluding carboxylic acids is 1. The zero-order chi connectivity index (χ0) is 22.6. The van der Waals surface area contributed by atoms with Crippen molar-refractivity contribution in [1.29, 1.82) is 0 Å². The van der Waals surface area contributed by atoms with Crippen LogP contribution in [0.15, 0.2) is 36.0 Å². The van der Waals surface area contributed by atoms with Crippen LogP contribution in [0, 0.1) is 5.92 Å². The van der Waals surface area contributed by atoms with Crippen LogP contribution in [0.25, 0.3) is 16.5 Å². The monoisotopic (exact) mass is 466 g/mol. The highest BCUT2D eigenvalue weighted by atomic mass is 32.1. The van der Waals surface area contributed by atoms with Crippen LogP contribution in [0.3, 0.4) is 0 Å². The Morgan fingerprint density at radius 2 is 2.15 bits per heavy atom. The lowest BCUT2D eigenvalue weighted by Gasteiger charge is -2.44. The van der Waals surface area contributed by atoms with Crippen molar-refractivity contribution in [1.82, 2.24) is 30.0 Å². The van der Waals surface area contributed by atoms with Crippen LogP contribution in [0.2, 0.25) is 0 Å². The Labute approximate surface area is 198 Å². The molecule has 8 nitrogen and oxygen atoms in total. The fourth-order valence-corrected chi connectivity index (χ4v) is 5.85. The van der Waals surface area contributed by atoms with Crippen LogP contribution in [0.4, 0.5) is 0 Å². The maximum absolute atomic E-state index is 13.2. The van der Waals surface area contributed by atoms with Gasteiger partial charge >= 0.3 is 0 Å². The molecule has 174 valence electrons. The lowest BCUT2D eigenvalue weighted by molar-refractivity contribution is 0.0575. The SMILES string of the molecule is COCc1c(C(=O)NC[C@@H]2CCCN3CCCC[C@H]23)cnn1-c1nccc(-c2cccs2)n1. The summed E-state index contributed by atoms with van der Waals surface area (Å²) >= 11 is 1.62. The van der Waals surface area contributed by atoms with Gasteiger partial charge in [0.15, 0.2) is 0 Å². The number of nitrogens with zero attached hydrogens (tertiary/aromatic N) is 5. The molecule has 1 N–H and O–H groups in total. The first-order valence-electron chi connectivity index (χ1n) is 11.7. The van der Waals surface area contributed by atoms with Gasteiger partial charge in [-0.25, -0.2) is 9.97 Å². The van der Waals surface area contributed by atoms with Crippen molar-refractivity contribution in [2.24, 2.45) is 5.92 Å². The number of hydrogen-bond donors (Lipinski definition) is 1. The predicted octanol–water partition coefficient (Wildman–Crippen LogP) is 3.53. The second kappa shape index (κ2) is 10.1. The summed E-state index contributed by atoms with van der Waals surface area (Å²) < 4.78 is 7.02. The molecule has 2 aliphatic rings. The highest BCUT2D eigenvalue weighted by molar-refractivity contribution is 7.13. The van der Waals surface area contributed by atoms with Crippen LogP contribution < -0.4 is 5.32 Å². The minimum absolute atomic E-state index is 0.115. The molecule has 2 saturated heterocycles. The quantitative estimate of drug-likeness (QED) is 0.573. The van der Waals surface area contributed by atoms with E-state index in [-0.39, 0.29) is 12.5 Å². The van der Waals surface area contributed by atoms with Crippen LogP contribution >= 0.6 is 11.3 Å². The van der Waals surface area contributed by atoms with Crippen LogP contribution in [-0.4, -0.2) is 63.3 Å². The number of amides is 1. The van der Waals surface area contributed by atoms with Gasteiger partial charge in [0.25, 0.3) is 11.9 Å². The summed E-state index contributed by atoms with van der Waals surface area (Å²) in [4.78, 5) is 25.9. The van der Waals surface area contributed by atoms with E-state index in [4.69, 9.17) is 4.74 Å². The van der Waals surface area contributed by atoms with E-state index in [2.05, 4.69) is 25.3 Å². The third-order valence-electron chi connectivity index (χ3n) is 6.75. The molecule has 2 fully saturated rings. The first-order valence-corrected chi connectivity index (χ1v) is 12.6. The molecular weight excluding hydrogens is 436 g/mol. The van der Waals surface area contributed by atoms with Crippen molar-refractivity contribution in [3.63, 3.8) is 0 Å². The molecule has 0 radical (unpaired) electrons. The first-order chi connectivity index (χ1) is 16.2. The number of thiophene rings is 1. The van der Waals surface area contributed by atoms with Crippen molar-refractivity contribution in [3.05, 3.63) is 47.2 Å². The predicted molar refractivity (Wildman–Crippen MR) is 127 cm³/mol. The molecule has 0 spiro atoms. The molecule has 2 atom stereocenters. The summed E-state index contributed by atoms with van der Waals surface area (Å²) in [5.41, 5.74) is 1.99. The Balaban J connectivity index is 1.34. The van der Waals surface area contributed by atoms with Gasteiger partial charge in [-0.15, -0.1) is 11.3 Å². The summed E-state index contributed by atoms with van der Waals surface area (Å²) in [5, 5.41) is 9.66. The van der Waals surface area contributed by atoms with Gasteiger partial charge in [-0.05, 0) is 62.2 Å². The molecular formula is C24H30N6O2S. The zero-order valence-electron chi connectivity index (χ0n) is 18.9. The van der Waals surface area contributed by atoms with Crippen molar-refractivity contribution in [2.45, 2.75) is 44.8 Å². The minimum Gasteiger partial charge on any atom is -0.378 e. The van der Waals surface area contributed by atoms with Gasteiger partial charge in [0.1, 0.15) is 0 Å². The maximum atomic E-state index is 13.2. The third kappa shape index (κ3) is 4.71. The molecule has 1 amide bonds. The number of aromatic nitrogens is 4. The summed E-state index contributed by atoms with van der Waals surface area (Å²) in [6, 6.07) is 6.49. The van der Waals surface area contributed by atoms with Gasteiger partial charge in [0.05, 0.1) is 34.6 Å². The molecule has 3 aromatic rings. The number of hydrogen-bond acceptors (Lipinski definition) is 7. The van der Waals surface area contributed by atoms with E-state index in [0.717, 1.165) is 10.6 Å².